The maximum atomic E-state index is 13.1. The zero-order valence-electron chi connectivity index (χ0n) is 21.5. The van der Waals surface area contributed by atoms with Gasteiger partial charge in [-0.3, -0.25) is 9.59 Å². The number of nitrogens with zero attached hydrogens (tertiary/aromatic N) is 2. The lowest BCUT2D eigenvalue weighted by Crippen LogP contribution is -2.24. The molecule has 38 heavy (non-hydrogen) atoms. The van der Waals surface area contributed by atoms with Crippen LogP contribution in [0.5, 0.6) is 17.2 Å². The van der Waals surface area contributed by atoms with E-state index >= 15 is 0 Å². The third-order valence-electron chi connectivity index (χ3n) is 6.05. The Morgan fingerprint density at radius 3 is 2.37 bits per heavy atom. The fourth-order valence-corrected chi connectivity index (χ4v) is 4.19. The first kappa shape index (κ1) is 26.5. The number of rotatable bonds is 11. The van der Waals surface area contributed by atoms with Gasteiger partial charge in [-0.25, -0.2) is 0 Å². The van der Waals surface area contributed by atoms with Crippen LogP contribution in [-0.4, -0.2) is 40.4 Å². The number of amides is 1. The third-order valence-corrected chi connectivity index (χ3v) is 6.05. The summed E-state index contributed by atoms with van der Waals surface area (Å²) in [7, 11) is 3.04. The molecule has 0 spiro atoms. The van der Waals surface area contributed by atoms with Crippen molar-refractivity contribution in [2.45, 2.75) is 39.2 Å². The molecule has 0 saturated carbocycles. The average Bonchev–Trinajstić information content (AvgIpc) is 3.39. The van der Waals surface area contributed by atoms with Crippen LogP contribution in [0.15, 0.2) is 57.7 Å². The molecule has 10 heteroatoms. The largest absolute Gasteiger partial charge is 0.506 e. The predicted molar refractivity (Wildman–Crippen MR) is 141 cm³/mol. The van der Waals surface area contributed by atoms with E-state index in [0.717, 1.165) is 18.4 Å². The standard InChI is InChI=1S/C28H30N4O6/c1-4-5-12-18-23(24-19(36-2)13-9-14-20(24)37-3)26(34)25(27(35)30-18)28-32-31-22(38-28)16-29-21(33)15-17-10-7-6-8-11-17/h6-11,13-14H,4-5,12,15-16H2,1-3H3,(H,29,33)(H2,30,34,35). The lowest BCUT2D eigenvalue weighted by atomic mass is 9.96. The van der Waals surface area contributed by atoms with Crippen LogP contribution in [0.1, 0.15) is 36.9 Å². The van der Waals surface area contributed by atoms with E-state index in [1.54, 1.807) is 18.2 Å². The molecule has 4 rings (SSSR count). The lowest BCUT2D eigenvalue weighted by Gasteiger charge is -2.18. The Morgan fingerprint density at radius 2 is 1.71 bits per heavy atom. The Bertz CT molecular complexity index is 1440. The molecule has 10 nitrogen and oxygen atoms in total. The Kier molecular flexibility index (Phi) is 8.42. The normalized spacial score (nSPS) is 10.8. The topological polar surface area (TPSA) is 140 Å². The number of nitrogens with one attached hydrogen (secondary N) is 2. The third kappa shape index (κ3) is 5.69. The van der Waals surface area contributed by atoms with Gasteiger partial charge in [-0.1, -0.05) is 49.7 Å². The van der Waals surface area contributed by atoms with Crippen LogP contribution in [0.3, 0.4) is 0 Å². The van der Waals surface area contributed by atoms with Crippen LogP contribution < -0.4 is 20.3 Å². The second-order valence-corrected chi connectivity index (χ2v) is 8.61. The van der Waals surface area contributed by atoms with Crippen LogP contribution in [0.2, 0.25) is 0 Å². The first-order chi connectivity index (χ1) is 18.5. The van der Waals surface area contributed by atoms with Crippen molar-refractivity contribution in [1.82, 2.24) is 20.5 Å². The molecule has 0 aliphatic rings. The Morgan fingerprint density at radius 1 is 1.00 bits per heavy atom. The molecule has 0 aliphatic carbocycles. The molecule has 2 heterocycles. The minimum absolute atomic E-state index is 0.0287. The zero-order chi connectivity index (χ0) is 27.1. The van der Waals surface area contributed by atoms with Gasteiger partial charge >= 0.3 is 0 Å². The fourth-order valence-electron chi connectivity index (χ4n) is 4.19. The summed E-state index contributed by atoms with van der Waals surface area (Å²) in [5.74, 6) is 0.291. The molecular weight excluding hydrogens is 488 g/mol. The number of hydrogen-bond acceptors (Lipinski definition) is 8. The number of hydrogen-bond donors (Lipinski definition) is 3. The van der Waals surface area contributed by atoms with Crippen LogP contribution in [0.4, 0.5) is 0 Å². The van der Waals surface area contributed by atoms with E-state index in [2.05, 4.69) is 20.5 Å². The molecule has 4 aromatic rings. The first-order valence-corrected chi connectivity index (χ1v) is 12.3. The number of pyridine rings is 1. The van der Waals surface area contributed by atoms with Crippen LogP contribution in [-0.2, 0) is 24.2 Å². The van der Waals surface area contributed by atoms with Gasteiger partial charge in [0.1, 0.15) is 22.8 Å². The summed E-state index contributed by atoms with van der Waals surface area (Å²) in [6, 6.07) is 14.6. The molecule has 0 atom stereocenters. The Labute approximate surface area is 219 Å². The highest BCUT2D eigenvalue weighted by Gasteiger charge is 2.27. The van der Waals surface area contributed by atoms with Crippen molar-refractivity contribution in [2.24, 2.45) is 0 Å². The summed E-state index contributed by atoms with van der Waals surface area (Å²) in [4.78, 5) is 28.3. The van der Waals surface area contributed by atoms with E-state index in [1.165, 1.54) is 14.2 Å². The minimum atomic E-state index is -0.575. The number of aromatic nitrogens is 3. The van der Waals surface area contributed by atoms with E-state index < -0.39 is 5.56 Å². The average molecular weight is 519 g/mol. The van der Waals surface area contributed by atoms with Gasteiger partial charge in [-0.15, -0.1) is 10.2 Å². The van der Waals surface area contributed by atoms with Gasteiger partial charge < -0.3 is 29.3 Å². The van der Waals surface area contributed by atoms with Crippen molar-refractivity contribution in [3.63, 3.8) is 0 Å². The molecule has 2 aromatic carbocycles. The molecule has 3 N–H and O–H groups in total. The van der Waals surface area contributed by atoms with Crippen molar-refractivity contribution in [3.8, 4) is 39.8 Å². The van der Waals surface area contributed by atoms with Gasteiger partial charge in [0.25, 0.3) is 11.4 Å². The zero-order valence-corrected chi connectivity index (χ0v) is 21.5. The molecule has 2 aromatic heterocycles. The van der Waals surface area contributed by atoms with Crippen molar-refractivity contribution >= 4 is 5.91 Å². The van der Waals surface area contributed by atoms with Gasteiger partial charge in [-0.2, -0.15) is 0 Å². The SMILES string of the molecule is CCCCc1[nH]c(=O)c(-c2nnc(CNC(=O)Cc3ccccc3)o2)c(O)c1-c1c(OC)cccc1OC. The number of benzene rings is 2. The molecular formula is C28H30N4O6. The number of ether oxygens (including phenoxy) is 2. The lowest BCUT2D eigenvalue weighted by molar-refractivity contribution is -0.120. The number of unbranched alkanes of at least 4 members (excludes halogenated alkanes) is 1. The number of carbonyl (C=O) groups is 1. The van der Waals surface area contributed by atoms with Crippen molar-refractivity contribution < 1.29 is 23.8 Å². The molecule has 0 aliphatic heterocycles. The van der Waals surface area contributed by atoms with E-state index in [4.69, 9.17) is 13.9 Å². The van der Waals surface area contributed by atoms with Crippen molar-refractivity contribution in [2.75, 3.05) is 14.2 Å². The number of carbonyl (C=O) groups excluding carboxylic acids is 1. The Hall–Kier alpha value is -4.60. The van der Waals surface area contributed by atoms with Gasteiger partial charge in [0.05, 0.1) is 38.3 Å². The van der Waals surface area contributed by atoms with Crippen molar-refractivity contribution in [1.29, 1.82) is 0 Å². The van der Waals surface area contributed by atoms with Crippen LogP contribution in [0.25, 0.3) is 22.6 Å². The molecule has 1 amide bonds. The number of aromatic amines is 1. The summed E-state index contributed by atoms with van der Waals surface area (Å²) in [6.07, 6.45) is 2.38. The highest BCUT2D eigenvalue weighted by molar-refractivity contribution is 5.87. The summed E-state index contributed by atoms with van der Waals surface area (Å²) in [5.41, 5.74) is 1.51. The van der Waals surface area contributed by atoms with Crippen molar-refractivity contribution in [3.05, 3.63) is 76.0 Å². The number of methoxy groups -OCH3 is 2. The van der Waals surface area contributed by atoms with Gasteiger partial charge in [0.2, 0.25) is 11.8 Å². The monoisotopic (exact) mass is 518 g/mol. The van der Waals surface area contributed by atoms with E-state index in [0.29, 0.717) is 34.7 Å². The maximum Gasteiger partial charge on any atom is 0.264 e. The van der Waals surface area contributed by atoms with Gasteiger partial charge in [0.15, 0.2) is 0 Å². The summed E-state index contributed by atoms with van der Waals surface area (Å²) in [5, 5.41) is 22.1. The van der Waals surface area contributed by atoms with E-state index in [1.807, 2.05) is 37.3 Å². The molecule has 0 bridgehead atoms. The second kappa shape index (κ2) is 12.1. The quantitative estimate of drug-likeness (QED) is 0.271. The second-order valence-electron chi connectivity index (χ2n) is 8.61. The Balaban J connectivity index is 1.69. The smallest absolute Gasteiger partial charge is 0.264 e. The number of H-pyrrole nitrogens is 1. The van der Waals surface area contributed by atoms with Crippen LogP contribution >= 0.6 is 0 Å². The predicted octanol–water partition coefficient (Wildman–Crippen LogP) is 4.02. The molecule has 0 saturated heterocycles. The molecule has 0 fully saturated rings. The van der Waals surface area contributed by atoms with Crippen LogP contribution in [0, 0.1) is 0 Å². The fraction of sp³-hybridized carbons (Fsp3) is 0.286. The molecule has 0 unspecified atom stereocenters. The minimum Gasteiger partial charge on any atom is -0.506 e. The van der Waals surface area contributed by atoms with E-state index in [9.17, 15) is 14.7 Å². The maximum absolute atomic E-state index is 13.1. The summed E-state index contributed by atoms with van der Waals surface area (Å²) in [6.45, 7) is 2.01. The van der Waals surface area contributed by atoms with Gasteiger partial charge in [-0.05, 0) is 30.5 Å². The van der Waals surface area contributed by atoms with Gasteiger partial charge in [0, 0.05) is 5.69 Å². The number of aryl methyl sites for hydroxylation is 1. The molecule has 0 radical (unpaired) electrons. The number of aromatic hydroxyl groups is 1. The highest BCUT2D eigenvalue weighted by atomic mass is 16.5. The summed E-state index contributed by atoms with van der Waals surface area (Å²) < 4.78 is 16.8. The summed E-state index contributed by atoms with van der Waals surface area (Å²) >= 11 is 0. The highest BCUT2D eigenvalue weighted by Crippen LogP contribution is 2.46. The molecule has 198 valence electrons. The van der Waals surface area contributed by atoms with E-state index in [-0.39, 0.29) is 42.0 Å². The first-order valence-electron chi connectivity index (χ1n) is 12.3.